The van der Waals surface area contributed by atoms with Gasteiger partial charge in [-0.15, -0.1) is 0 Å². The van der Waals surface area contributed by atoms with Gasteiger partial charge in [-0.05, 0) is 35.0 Å². The van der Waals surface area contributed by atoms with Crippen LogP contribution in [0.1, 0.15) is 35.2 Å². The van der Waals surface area contributed by atoms with Crippen LogP contribution in [-0.4, -0.2) is 17.4 Å². The number of amides is 1. The SMILES string of the molecule is CC12CC(c3cc(Br)cc(Br)c3O1)C(C(=O)c1ccccc1)C(=O)N2. The standard InChI is InChI=1S/C19H15Br2NO3/c1-19-9-13(12-7-11(20)8-14(21)17(12)25-19)15(18(24)22-19)16(23)10-5-3-2-4-6-10/h2-8,13,15H,9H2,1H3,(H,22,24). The monoisotopic (exact) mass is 463 g/mol. The fraction of sp³-hybridized carbons (Fsp3) is 0.263. The van der Waals surface area contributed by atoms with Crippen molar-refractivity contribution in [1.29, 1.82) is 0 Å². The number of carbonyl (C=O) groups excluding carboxylic acids is 2. The van der Waals surface area contributed by atoms with Gasteiger partial charge in [0.25, 0.3) is 0 Å². The highest BCUT2D eigenvalue weighted by molar-refractivity contribution is 9.11. The van der Waals surface area contributed by atoms with Gasteiger partial charge in [0.05, 0.1) is 4.47 Å². The molecule has 2 aliphatic rings. The molecule has 1 fully saturated rings. The van der Waals surface area contributed by atoms with E-state index >= 15 is 0 Å². The third-order valence-electron chi connectivity index (χ3n) is 4.79. The van der Waals surface area contributed by atoms with E-state index in [1.54, 1.807) is 12.1 Å². The zero-order valence-corrected chi connectivity index (χ0v) is 16.6. The summed E-state index contributed by atoms with van der Waals surface area (Å²) in [7, 11) is 0. The Kier molecular flexibility index (Phi) is 4.00. The lowest BCUT2D eigenvalue weighted by Gasteiger charge is -2.47. The molecule has 2 aliphatic heterocycles. The summed E-state index contributed by atoms with van der Waals surface area (Å²) in [5, 5.41) is 2.89. The smallest absolute Gasteiger partial charge is 0.234 e. The second kappa shape index (κ2) is 5.95. The predicted molar refractivity (Wildman–Crippen MR) is 101 cm³/mol. The lowest BCUT2D eigenvalue weighted by molar-refractivity contribution is -0.137. The molecule has 4 nitrogen and oxygen atoms in total. The van der Waals surface area contributed by atoms with E-state index in [1.165, 1.54) is 0 Å². The fourth-order valence-corrected chi connectivity index (χ4v) is 5.08. The Morgan fingerprint density at radius 3 is 2.68 bits per heavy atom. The molecule has 2 heterocycles. The lowest BCUT2D eigenvalue weighted by atomic mass is 9.72. The maximum Gasteiger partial charge on any atom is 0.234 e. The molecule has 2 bridgehead atoms. The average Bonchev–Trinajstić information content (AvgIpc) is 2.56. The van der Waals surface area contributed by atoms with Gasteiger partial charge >= 0.3 is 0 Å². The van der Waals surface area contributed by atoms with E-state index in [2.05, 4.69) is 37.2 Å². The number of Topliss-reactive ketones (excluding diaryl/α,β-unsaturated/α-hetero) is 1. The normalized spacial score (nSPS) is 27.1. The third-order valence-corrected chi connectivity index (χ3v) is 5.83. The number of ether oxygens (including phenoxy) is 1. The summed E-state index contributed by atoms with van der Waals surface area (Å²) in [4.78, 5) is 25.8. The van der Waals surface area contributed by atoms with Crippen LogP contribution in [0.4, 0.5) is 0 Å². The summed E-state index contributed by atoms with van der Waals surface area (Å²) in [6, 6.07) is 12.8. The van der Waals surface area contributed by atoms with Gasteiger partial charge in [-0.1, -0.05) is 46.3 Å². The van der Waals surface area contributed by atoms with Crippen LogP contribution in [0.2, 0.25) is 0 Å². The number of fused-ring (bicyclic) bond motifs is 4. The van der Waals surface area contributed by atoms with Crippen molar-refractivity contribution >= 4 is 43.6 Å². The number of rotatable bonds is 2. The largest absolute Gasteiger partial charge is 0.467 e. The highest BCUT2D eigenvalue weighted by Gasteiger charge is 2.52. The minimum Gasteiger partial charge on any atom is -0.467 e. The van der Waals surface area contributed by atoms with Gasteiger partial charge in [0.1, 0.15) is 11.7 Å². The molecule has 1 saturated heterocycles. The number of hydrogen-bond donors (Lipinski definition) is 1. The van der Waals surface area contributed by atoms with Crippen molar-refractivity contribution < 1.29 is 14.3 Å². The predicted octanol–water partition coefficient (Wildman–Crippen LogP) is 4.42. The number of carbonyl (C=O) groups is 2. The second-order valence-electron chi connectivity index (χ2n) is 6.65. The van der Waals surface area contributed by atoms with Crippen LogP contribution in [-0.2, 0) is 4.79 Å². The quantitative estimate of drug-likeness (QED) is 0.528. The molecule has 1 amide bonds. The summed E-state index contributed by atoms with van der Waals surface area (Å²) in [5.41, 5.74) is 0.620. The van der Waals surface area contributed by atoms with Crippen LogP contribution in [0.5, 0.6) is 5.75 Å². The van der Waals surface area contributed by atoms with Gasteiger partial charge in [-0.25, -0.2) is 0 Å². The molecule has 0 saturated carbocycles. The number of piperidine rings is 1. The van der Waals surface area contributed by atoms with E-state index in [9.17, 15) is 9.59 Å². The Bertz CT molecular complexity index is 884. The second-order valence-corrected chi connectivity index (χ2v) is 8.42. The Morgan fingerprint density at radius 2 is 1.96 bits per heavy atom. The number of hydrogen-bond acceptors (Lipinski definition) is 3. The molecule has 0 spiro atoms. The van der Waals surface area contributed by atoms with E-state index in [0.29, 0.717) is 17.7 Å². The fourth-order valence-electron chi connectivity index (χ4n) is 3.74. The van der Waals surface area contributed by atoms with Crippen molar-refractivity contribution in [2.75, 3.05) is 0 Å². The van der Waals surface area contributed by atoms with Crippen molar-refractivity contribution in [1.82, 2.24) is 5.32 Å². The zero-order chi connectivity index (χ0) is 17.8. The van der Waals surface area contributed by atoms with E-state index in [4.69, 9.17) is 4.74 Å². The minimum absolute atomic E-state index is 0.158. The summed E-state index contributed by atoms with van der Waals surface area (Å²) >= 11 is 7.02. The molecule has 25 heavy (non-hydrogen) atoms. The van der Waals surface area contributed by atoms with Crippen LogP contribution < -0.4 is 10.1 Å². The van der Waals surface area contributed by atoms with E-state index in [-0.39, 0.29) is 17.6 Å². The van der Waals surface area contributed by atoms with Crippen molar-refractivity contribution in [3.8, 4) is 5.75 Å². The topological polar surface area (TPSA) is 55.4 Å². The molecule has 6 heteroatoms. The lowest BCUT2D eigenvalue weighted by Crippen LogP contribution is -2.62. The number of halogens is 2. The van der Waals surface area contributed by atoms with Crippen molar-refractivity contribution in [2.45, 2.75) is 25.0 Å². The molecule has 3 unspecified atom stereocenters. The Morgan fingerprint density at radius 1 is 1.24 bits per heavy atom. The molecular formula is C19H15Br2NO3. The summed E-state index contributed by atoms with van der Waals surface area (Å²) in [6.45, 7) is 1.85. The molecular weight excluding hydrogens is 450 g/mol. The van der Waals surface area contributed by atoms with E-state index in [1.807, 2.05) is 37.3 Å². The summed E-state index contributed by atoms with van der Waals surface area (Å²) in [5.74, 6) is -0.750. The maximum atomic E-state index is 13.1. The number of benzene rings is 2. The van der Waals surface area contributed by atoms with Crippen LogP contribution >= 0.6 is 31.9 Å². The van der Waals surface area contributed by atoms with Gasteiger partial charge in [0, 0.05) is 27.9 Å². The molecule has 0 aliphatic carbocycles. The maximum absolute atomic E-state index is 13.1. The van der Waals surface area contributed by atoms with Gasteiger partial charge in [-0.3, -0.25) is 9.59 Å². The van der Waals surface area contributed by atoms with Crippen LogP contribution in [0.25, 0.3) is 0 Å². The van der Waals surface area contributed by atoms with Gasteiger partial charge in [-0.2, -0.15) is 0 Å². The van der Waals surface area contributed by atoms with Crippen LogP contribution in [0.15, 0.2) is 51.4 Å². The molecule has 2 aromatic carbocycles. The first kappa shape index (κ1) is 16.8. The molecule has 0 radical (unpaired) electrons. The molecule has 128 valence electrons. The average molecular weight is 465 g/mol. The Hall–Kier alpha value is -1.66. The molecule has 1 N–H and O–H groups in total. The first-order valence-corrected chi connectivity index (χ1v) is 9.56. The minimum atomic E-state index is -0.807. The van der Waals surface area contributed by atoms with Gasteiger partial charge in [0.15, 0.2) is 11.5 Å². The Labute approximate surface area is 162 Å². The van der Waals surface area contributed by atoms with Crippen LogP contribution in [0, 0.1) is 5.92 Å². The third kappa shape index (κ3) is 2.81. The van der Waals surface area contributed by atoms with Crippen molar-refractivity contribution in [3.05, 3.63) is 62.5 Å². The zero-order valence-electron chi connectivity index (χ0n) is 13.4. The highest BCUT2D eigenvalue weighted by Crippen LogP contribution is 2.50. The highest BCUT2D eigenvalue weighted by atomic mass is 79.9. The van der Waals surface area contributed by atoms with E-state index < -0.39 is 11.6 Å². The molecule has 0 aromatic heterocycles. The Balaban J connectivity index is 1.84. The molecule has 2 aromatic rings. The van der Waals surface area contributed by atoms with Crippen molar-refractivity contribution in [2.24, 2.45) is 5.92 Å². The van der Waals surface area contributed by atoms with E-state index in [0.717, 1.165) is 14.5 Å². The summed E-state index contributed by atoms with van der Waals surface area (Å²) in [6.07, 6.45) is 0.553. The number of nitrogens with one attached hydrogen (secondary N) is 1. The first-order valence-electron chi connectivity index (χ1n) is 7.97. The first-order chi connectivity index (χ1) is 11.9. The summed E-state index contributed by atoms with van der Waals surface area (Å²) < 4.78 is 7.75. The van der Waals surface area contributed by atoms with Gasteiger partial charge < -0.3 is 10.1 Å². The van der Waals surface area contributed by atoms with Crippen molar-refractivity contribution in [3.63, 3.8) is 0 Å². The van der Waals surface area contributed by atoms with Gasteiger partial charge in [0.2, 0.25) is 5.91 Å². The number of ketones is 1. The molecule has 3 atom stereocenters. The van der Waals surface area contributed by atoms with Crippen LogP contribution in [0.3, 0.4) is 0 Å². The molecule has 4 rings (SSSR count).